The summed E-state index contributed by atoms with van der Waals surface area (Å²) in [6.45, 7) is 13.2. The zero-order valence-corrected chi connectivity index (χ0v) is 79.4. The SMILES string of the molecule is CC(=O)c1cnc(Cl)nc1.CC(=O)c1cnc(N2CCN(c3ccc(-n4c(=O)n(C)c5cnc6ccc(-c7ccc(C)nc7)cc6c54)cc3C(F)(F)F)CC2)nc1.Cc1ccc(-c2ccc3ncc4c(c3c2)n(-c2ccc(N3CCN(c5ncc(C(=O)O)cn5)CC3)c(C(F)(F)F)c2)c(=O)n4C)cn1.Cc1ccc(-c2ccc3ncc4c(c3c2)n(-c2ccc(N3CCNCC3)c(C(F)(F)F)c2)c(=O)n4C)cn1.[Li+].[OH-]. The summed E-state index contributed by atoms with van der Waals surface area (Å²) in [5.74, 6) is -0.634. The Morgan fingerprint density at radius 3 is 0.896 bits per heavy atom. The molecule has 0 amide bonds. The fraction of sp³-hybridized carbons (Fsp3) is 0.228. The third-order valence-electron chi connectivity index (χ3n) is 25.2. The molecule has 3 aliphatic heterocycles. The van der Waals surface area contributed by atoms with Gasteiger partial charge in [0.25, 0.3) is 0 Å². The molecule has 43 heteroatoms. The molecule has 0 spiro atoms. The Kier molecular flexibility index (Phi) is 28.7. The van der Waals surface area contributed by atoms with Gasteiger partial charge in [0, 0.05) is 222 Å². The van der Waals surface area contributed by atoms with Crippen LogP contribution in [0.25, 0.3) is 116 Å². The Balaban J connectivity index is 0.000000147. The number of pyridine rings is 6. The first-order chi connectivity index (χ1) is 67.9. The van der Waals surface area contributed by atoms with E-state index in [0.29, 0.717) is 154 Å². The number of carbonyl (C=O) groups excluding carboxylic acids is 2. The number of hydrogen-bond acceptors (Lipinski definition) is 25. The van der Waals surface area contributed by atoms with Crippen molar-refractivity contribution in [3.8, 4) is 50.4 Å². The van der Waals surface area contributed by atoms with Crippen molar-refractivity contribution in [1.29, 1.82) is 0 Å². The molecular formula is C101H87ClF9LiN24O8. The van der Waals surface area contributed by atoms with Gasteiger partial charge < -0.3 is 40.4 Å². The molecule has 144 heavy (non-hydrogen) atoms. The fourth-order valence-corrected chi connectivity index (χ4v) is 17.7. The molecule has 0 unspecified atom stereocenters. The molecule has 6 aromatic carbocycles. The van der Waals surface area contributed by atoms with Crippen LogP contribution in [0.1, 0.15) is 78.7 Å². The van der Waals surface area contributed by atoms with Gasteiger partial charge in [-0.15, -0.1) is 0 Å². The number of fused-ring (bicyclic) bond motifs is 9. The number of halogens is 10. The van der Waals surface area contributed by atoms with Gasteiger partial charge in [0.05, 0.1) is 119 Å². The molecular weight excluding hydrogens is 1890 g/mol. The van der Waals surface area contributed by atoms with Gasteiger partial charge in [-0.05, 0) is 172 Å². The number of benzene rings is 6. The molecule has 3 aliphatic rings. The van der Waals surface area contributed by atoms with E-state index >= 15 is 0 Å². The first kappa shape index (κ1) is 101. The van der Waals surface area contributed by atoms with Crippen molar-refractivity contribution < 1.29 is 83.3 Å². The number of rotatable bonds is 14. The Morgan fingerprint density at radius 2 is 0.618 bits per heavy atom. The number of imidazole rings is 3. The molecule has 12 aromatic heterocycles. The third kappa shape index (κ3) is 20.4. The molecule has 0 bridgehead atoms. The van der Waals surface area contributed by atoms with Crippen molar-refractivity contribution in [3.63, 3.8) is 0 Å². The van der Waals surface area contributed by atoms with Crippen LogP contribution in [0.4, 0.5) is 68.5 Å². The number of anilines is 5. The summed E-state index contributed by atoms with van der Waals surface area (Å²) in [6.07, 6.45) is 4.12. The summed E-state index contributed by atoms with van der Waals surface area (Å²) < 4.78 is 139. The Labute approximate surface area is 830 Å². The number of carboxylic acids is 1. The van der Waals surface area contributed by atoms with Gasteiger partial charge in [0.1, 0.15) is 0 Å². The molecule has 0 radical (unpaired) electrons. The number of aromatic nitrogens is 18. The van der Waals surface area contributed by atoms with E-state index in [1.54, 1.807) is 90.1 Å². The van der Waals surface area contributed by atoms with Gasteiger partial charge in [0.2, 0.25) is 17.2 Å². The Morgan fingerprint density at radius 1 is 0.340 bits per heavy atom. The normalized spacial score (nSPS) is 13.6. The molecule has 15 heterocycles. The standard InChI is InChI=1S/C34H29F3N8O2.C33H27F3N8O3.C28H25F3N6O.C6H5ClN2O.Li.H2O/c1-20-4-5-23(16-38-20)22-6-8-28-26(14-22)31-30(19-39-28)42(3)33(47)45(31)25-7-9-29(27(15-25)34(35,36)37)43-10-12-44(13-11-43)32-40-17-24(18-41-32)21(2)46;1-19-3-4-21(15-37-19)20-5-7-26-24(13-20)29-28(18-38-26)41(2)32(47)44(29)23-6-8-27(25(14-23)33(34,35)36)42-9-11-43(12-10-42)31-39-16-22(17-40-31)30(45)46;1-17-3-4-19(15-33-17)18-5-7-23-21(13-18)26-25(16-34-23)35(2)27(38)37(26)20-6-8-24(22(14-20)28(29,30)31)36-11-9-32-10-12-36;1-4(10)5-2-8-6(7)9-3-5;;/h4-9,14-19H,10-13H2,1-3H3;3-8,13-18H,9-12H2,1-2H3,(H,45,46);3-8,13-16,32H,9-12H2,1-2H3;2-3H,1H3;;1H2/q;;;;+1;/p-1. The molecule has 0 saturated carbocycles. The molecule has 21 rings (SSSR count). The zero-order chi connectivity index (χ0) is 100. The van der Waals surface area contributed by atoms with E-state index in [0.717, 1.165) is 68.7 Å². The summed E-state index contributed by atoms with van der Waals surface area (Å²) >= 11 is 5.38. The monoisotopic (exact) mass is 1980 g/mol. The van der Waals surface area contributed by atoms with Crippen molar-refractivity contribution in [2.24, 2.45) is 21.1 Å². The van der Waals surface area contributed by atoms with Crippen LogP contribution in [-0.4, -0.2) is 194 Å². The van der Waals surface area contributed by atoms with E-state index in [4.69, 9.17) is 16.7 Å². The number of aromatic carboxylic acids is 1. The molecule has 18 aromatic rings. The second kappa shape index (κ2) is 40.9. The van der Waals surface area contributed by atoms with Crippen molar-refractivity contribution in [3.05, 3.63) is 307 Å². The van der Waals surface area contributed by atoms with Crippen molar-refractivity contribution >= 4 is 124 Å². The van der Waals surface area contributed by atoms with E-state index in [9.17, 15) is 68.3 Å². The summed E-state index contributed by atoms with van der Waals surface area (Å²) in [7, 11) is 4.75. The van der Waals surface area contributed by atoms with Gasteiger partial charge >= 0.3 is 60.4 Å². The number of aryl methyl sites for hydroxylation is 6. The van der Waals surface area contributed by atoms with Crippen molar-refractivity contribution in [2.75, 3.05) is 103 Å². The first-order valence-corrected chi connectivity index (χ1v) is 45.1. The maximum absolute atomic E-state index is 14.7. The minimum Gasteiger partial charge on any atom is -0.870 e. The van der Waals surface area contributed by atoms with E-state index in [-0.39, 0.29) is 94.0 Å². The van der Waals surface area contributed by atoms with Crippen LogP contribution in [0, 0.1) is 20.8 Å². The van der Waals surface area contributed by atoms with Crippen LogP contribution in [0.3, 0.4) is 0 Å². The number of hydrogen-bond donors (Lipinski definition) is 2. The van der Waals surface area contributed by atoms with Gasteiger partial charge in [0.15, 0.2) is 11.6 Å². The molecule has 3 N–H and O–H groups in total. The van der Waals surface area contributed by atoms with Gasteiger partial charge in [-0.1, -0.05) is 36.4 Å². The van der Waals surface area contributed by atoms with Crippen LogP contribution >= 0.6 is 11.6 Å². The van der Waals surface area contributed by atoms with Crippen molar-refractivity contribution in [2.45, 2.75) is 53.1 Å². The number of piperazine rings is 3. The predicted molar refractivity (Wildman–Crippen MR) is 524 cm³/mol. The second-order valence-corrected chi connectivity index (χ2v) is 34.6. The Hall–Kier alpha value is -16.0. The van der Waals surface area contributed by atoms with Gasteiger partial charge in [-0.25, -0.2) is 49.1 Å². The smallest absolute Gasteiger partial charge is 0.870 e. The summed E-state index contributed by atoms with van der Waals surface area (Å²) in [6, 6.07) is 40.6. The molecule has 730 valence electrons. The minimum absolute atomic E-state index is 0. The molecule has 3 fully saturated rings. The number of nitrogens with zero attached hydrogens (tertiary/aromatic N) is 23. The van der Waals surface area contributed by atoms with E-state index < -0.39 is 58.3 Å². The van der Waals surface area contributed by atoms with Gasteiger partial charge in [-0.3, -0.25) is 66.9 Å². The number of ketones is 2. The van der Waals surface area contributed by atoms with Gasteiger partial charge in [-0.2, -0.15) is 39.5 Å². The van der Waals surface area contributed by atoms with Crippen LogP contribution < -0.4 is 65.7 Å². The van der Waals surface area contributed by atoms with E-state index in [1.165, 1.54) is 103 Å². The van der Waals surface area contributed by atoms with Crippen LogP contribution in [0.15, 0.2) is 234 Å². The van der Waals surface area contributed by atoms with E-state index in [2.05, 4.69) is 65.1 Å². The topological polar surface area (TPSA) is 365 Å². The minimum atomic E-state index is -4.71. The molecule has 0 aliphatic carbocycles. The molecule has 32 nitrogen and oxygen atoms in total. The quantitative estimate of drug-likeness (QED) is 0.0442. The van der Waals surface area contributed by atoms with E-state index in [1.807, 2.05) is 117 Å². The van der Waals surface area contributed by atoms with Crippen LogP contribution in [-0.2, 0) is 39.7 Å². The number of carboxylic acid groups (broad SMARTS) is 1. The molecule has 3 saturated heterocycles. The summed E-state index contributed by atoms with van der Waals surface area (Å²) in [4.78, 5) is 133. The zero-order valence-electron chi connectivity index (χ0n) is 78.7. The maximum Gasteiger partial charge on any atom is 1.00 e. The third-order valence-corrected chi connectivity index (χ3v) is 25.4. The fourth-order valence-electron chi connectivity index (χ4n) is 17.6. The summed E-state index contributed by atoms with van der Waals surface area (Å²) in [5.41, 5.74) is 9.94. The predicted octanol–water partition coefficient (Wildman–Crippen LogP) is 13.5. The molecule has 0 atom stereocenters. The number of Topliss-reactive ketones (excluding diaryl/α,β-unsaturated/α-hetero) is 2. The average Bonchev–Trinajstić information content (AvgIpc) is 1.59. The van der Waals surface area contributed by atoms with Crippen LogP contribution in [0.2, 0.25) is 5.28 Å². The van der Waals surface area contributed by atoms with Crippen molar-refractivity contribution in [1.82, 2.24) is 92.5 Å². The number of carbonyl (C=O) groups is 3. The maximum atomic E-state index is 14.7. The largest absolute Gasteiger partial charge is 1.00 e. The first-order valence-electron chi connectivity index (χ1n) is 44.7. The number of alkyl halides is 9. The second-order valence-electron chi connectivity index (χ2n) is 34.3. The number of nitrogens with one attached hydrogen (secondary N) is 1. The average molecular weight is 1980 g/mol. The Bertz CT molecular complexity index is 7830. The summed E-state index contributed by atoms with van der Waals surface area (Å²) in [5, 5.41) is 14.3. The van der Waals surface area contributed by atoms with Crippen LogP contribution in [0.5, 0.6) is 0 Å².